The van der Waals surface area contributed by atoms with Gasteiger partial charge in [0.05, 0.1) is 12.2 Å². The maximum atomic E-state index is 12.6. The maximum Gasteiger partial charge on any atom is 0.387 e. The third-order valence-electron chi connectivity index (χ3n) is 3.77. The molecule has 1 unspecified atom stereocenters. The number of hydrogen-bond donors (Lipinski definition) is 1. The van der Waals surface area contributed by atoms with E-state index in [0.29, 0.717) is 5.82 Å². The molecule has 0 bridgehead atoms. The van der Waals surface area contributed by atoms with Crippen LogP contribution in [0, 0.1) is 0 Å². The van der Waals surface area contributed by atoms with Crippen LogP contribution in [0.25, 0.3) is 6.08 Å². The predicted octanol–water partition coefficient (Wildman–Crippen LogP) is 4.71. The Morgan fingerprint density at radius 3 is 2.57 bits per heavy atom. The van der Waals surface area contributed by atoms with Gasteiger partial charge in [-0.3, -0.25) is 4.79 Å². The monoisotopic (exact) mass is 401 g/mol. The number of carbonyl (C=O) groups excluding carboxylic acids is 1. The smallest absolute Gasteiger partial charge is 0.387 e. The molecule has 10 heteroatoms. The fourth-order valence-electron chi connectivity index (χ4n) is 2.30. The second-order valence-electron chi connectivity index (χ2n) is 5.70. The summed E-state index contributed by atoms with van der Waals surface area (Å²) in [4.78, 5) is 12.1. The lowest BCUT2D eigenvalue weighted by Crippen LogP contribution is -2.15. The molecule has 0 aliphatic heterocycles. The quantitative estimate of drug-likeness (QED) is 0.488. The van der Waals surface area contributed by atoms with Gasteiger partial charge in [-0.15, -0.1) is 0 Å². The van der Waals surface area contributed by atoms with Gasteiger partial charge < -0.3 is 14.8 Å². The highest BCUT2D eigenvalue weighted by Crippen LogP contribution is 2.28. The predicted molar refractivity (Wildman–Crippen MR) is 94.6 cm³/mol. The lowest BCUT2D eigenvalue weighted by atomic mass is 10.1. The van der Waals surface area contributed by atoms with E-state index in [1.54, 1.807) is 16.9 Å². The first-order chi connectivity index (χ1) is 13.3. The van der Waals surface area contributed by atoms with Crippen LogP contribution >= 0.6 is 0 Å². The van der Waals surface area contributed by atoms with Gasteiger partial charge in [0.2, 0.25) is 5.91 Å². The zero-order chi connectivity index (χ0) is 20.7. The average molecular weight is 401 g/mol. The van der Waals surface area contributed by atoms with Gasteiger partial charge in [-0.05, 0) is 31.6 Å². The molecule has 1 heterocycles. The molecule has 1 amide bonds. The third-order valence-corrected chi connectivity index (χ3v) is 3.77. The van der Waals surface area contributed by atoms with Gasteiger partial charge >= 0.3 is 13.2 Å². The highest BCUT2D eigenvalue weighted by atomic mass is 19.3. The lowest BCUT2D eigenvalue weighted by Gasteiger charge is -2.13. The summed E-state index contributed by atoms with van der Waals surface area (Å²) in [6, 6.07) is 4.97. The third kappa shape index (κ3) is 6.00. The molecule has 28 heavy (non-hydrogen) atoms. The van der Waals surface area contributed by atoms with Crippen LogP contribution in [0.3, 0.4) is 0 Å². The number of rotatable bonds is 9. The number of anilines is 1. The van der Waals surface area contributed by atoms with Gasteiger partial charge in [0.15, 0.2) is 0 Å². The molecule has 0 saturated heterocycles. The first-order valence-corrected chi connectivity index (χ1v) is 8.36. The van der Waals surface area contributed by atoms with E-state index in [0.717, 1.165) is 24.6 Å². The van der Waals surface area contributed by atoms with E-state index in [-0.39, 0.29) is 17.4 Å². The van der Waals surface area contributed by atoms with Crippen LogP contribution in [0.15, 0.2) is 36.5 Å². The number of ether oxygens (including phenoxy) is 2. The molecule has 0 saturated carbocycles. The van der Waals surface area contributed by atoms with E-state index < -0.39 is 24.9 Å². The standard InChI is InChI=1S/C18H19F4N3O3/c1-3-11(2)25-15(8-9-23-25)24-16(26)7-5-12-4-6-13(27-17(19)20)10-14(12)28-18(21)22/h4-11,17-18H,3H2,1-2H3,(H,24,26)/b7-5+. The minimum Gasteiger partial charge on any atom is -0.435 e. The summed E-state index contributed by atoms with van der Waals surface area (Å²) >= 11 is 0. The van der Waals surface area contributed by atoms with Gasteiger partial charge in [-0.1, -0.05) is 6.92 Å². The molecule has 1 aromatic carbocycles. The van der Waals surface area contributed by atoms with E-state index in [1.807, 2.05) is 13.8 Å². The number of hydrogen-bond acceptors (Lipinski definition) is 4. The molecule has 0 fully saturated rings. The van der Waals surface area contributed by atoms with E-state index in [9.17, 15) is 22.4 Å². The molecule has 1 N–H and O–H groups in total. The van der Waals surface area contributed by atoms with Crippen LogP contribution < -0.4 is 14.8 Å². The van der Waals surface area contributed by atoms with Gasteiger partial charge in [0, 0.05) is 23.8 Å². The Morgan fingerprint density at radius 2 is 1.93 bits per heavy atom. The molecule has 1 atom stereocenters. The normalized spacial score (nSPS) is 12.6. The zero-order valence-corrected chi connectivity index (χ0v) is 15.1. The molecule has 0 spiro atoms. The zero-order valence-electron chi connectivity index (χ0n) is 15.1. The molecule has 2 aromatic rings. The average Bonchev–Trinajstić information content (AvgIpc) is 3.07. The van der Waals surface area contributed by atoms with Crippen molar-refractivity contribution in [2.45, 2.75) is 39.5 Å². The molecule has 152 valence electrons. The van der Waals surface area contributed by atoms with Crippen molar-refractivity contribution in [3.05, 3.63) is 42.1 Å². The molecule has 0 aliphatic rings. The first-order valence-electron chi connectivity index (χ1n) is 8.36. The van der Waals surface area contributed by atoms with Crippen molar-refractivity contribution in [3.63, 3.8) is 0 Å². The van der Waals surface area contributed by atoms with Crippen LogP contribution in [-0.2, 0) is 4.79 Å². The topological polar surface area (TPSA) is 65.4 Å². The highest BCUT2D eigenvalue weighted by molar-refractivity contribution is 6.01. The Labute approximate surface area is 158 Å². The van der Waals surface area contributed by atoms with Crippen molar-refractivity contribution < 1.29 is 31.8 Å². The minimum absolute atomic E-state index is 0.0719. The maximum absolute atomic E-state index is 12.6. The summed E-state index contributed by atoms with van der Waals surface area (Å²) in [7, 11) is 0. The molecule has 2 rings (SSSR count). The van der Waals surface area contributed by atoms with E-state index in [2.05, 4.69) is 19.9 Å². The Hall–Kier alpha value is -3.04. The fourth-order valence-corrected chi connectivity index (χ4v) is 2.30. The number of nitrogens with zero attached hydrogens (tertiary/aromatic N) is 2. The summed E-state index contributed by atoms with van der Waals surface area (Å²) in [6.45, 7) is -2.37. The summed E-state index contributed by atoms with van der Waals surface area (Å²) in [5, 5.41) is 6.77. The van der Waals surface area contributed by atoms with Crippen molar-refractivity contribution in [3.8, 4) is 11.5 Å². The van der Waals surface area contributed by atoms with Crippen LogP contribution in [0.1, 0.15) is 31.9 Å². The largest absolute Gasteiger partial charge is 0.435 e. The van der Waals surface area contributed by atoms with E-state index >= 15 is 0 Å². The van der Waals surface area contributed by atoms with Crippen LogP contribution in [0.2, 0.25) is 0 Å². The molecule has 6 nitrogen and oxygen atoms in total. The van der Waals surface area contributed by atoms with E-state index in [1.165, 1.54) is 12.1 Å². The molecular formula is C18H19F4N3O3. The number of benzene rings is 1. The summed E-state index contributed by atoms with van der Waals surface area (Å²) in [6.07, 6.45) is 4.68. The summed E-state index contributed by atoms with van der Waals surface area (Å²) in [5.41, 5.74) is 0.0903. The summed E-state index contributed by atoms with van der Waals surface area (Å²) < 4.78 is 59.8. The number of aromatic nitrogens is 2. The van der Waals surface area contributed by atoms with Crippen molar-refractivity contribution in [1.29, 1.82) is 0 Å². The van der Waals surface area contributed by atoms with Crippen LogP contribution in [0.5, 0.6) is 11.5 Å². The molecular weight excluding hydrogens is 382 g/mol. The fraction of sp³-hybridized carbons (Fsp3) is 0.333. The van der Waals surface area contributed by atoms with Gasteiger partial charge in [-0.2, -0.15) is 22.7 Å². The first kappa shape index (κ1) is 21.3. The molecule has 0 aliphatic carbocycles. The SMILES string of the molecule is CCC(C)n1nccc1NC(=O)/C=C/c1ccc(OC(F)F)cc1OC(F)F. The highest BCUT2D eigenvalue weighted by Gasteiger charge is 2.13. The number of nitrogens with one attached hydrogen (secondary N) is 1. The van der Waals surface area contributed by atoms with Crippen molar-refractivity contribution in [1.82, 2.24) is 9.78 Å². The summed E-state index contributed by atoms with van der Waals surface area (Å²) in [5.74, 6) is -0.791. The van der Waals surface area contributed by atoms with Crippen LogP contribution in [-0.4, -0.2) is 28.9 Å². The Bertz CT molecular complexity index is 824. The minimum atomic E-state index is -3.17. The van der Waals surface area contributed by atoms with Gasteiger partial charge in [0.25, 0.3) is 0 Å². The number of carbonyl (C=O) groups is 1. The van der Waals surface area contributed by atoms with Crippen LogP contribution in [0.4, 0.5) is 23.4 Å². The second-order valence-corrected chi connectivity index (χ2v) is 5.70. The van der Waals surface area contributed by atoms with Gasteiger partial charge in [-0.25, -0.2) is 4.68 Å². The number of amides is 1. The number of halogens is 4. The van der Waals surface area contributed by atoms with Crippen molar-refractivity contribution in [2.24, 2.45) is 0 Å². The second kappa shape index (κ2) is 9.77. The van der Waals surface area contributed by atoms with Crippen molar-refractivity contribution in [2.75, 3.05) is 5.32 Å². The lowest BCUT2D eigenvalue weighted by molar-refractivity contribution is -0.111. The van der Waals surface area contributed by atoms with E-state index in [4.69, 9.17) is 0 Å². The number of alkyl halides is 4. The van der Waals surface area contributed by atoms with Crippen molar-refractivity contribution >= 4 is 17.8 Å². The molecule has 1 aromatic heterocycles. The molecule has 0 radical (unpaired) electrons. The Morgan fingerprint density at radius 1 is 1.21 bits per heavy atom. The Kier molecular flexibility index (Phi) is 7.42. The van der Waals surface area contributed by atoms with Gasteiger partial charge in [0.1, 0.15) is 17.3 Å². The Balaban J connectivity index is 2.15.